The summed E-state index contributed by atoms with van der Waals surface area (Å²) in [5.74, 6) is 0.866. The van der Waals surface area contributed by atoms with E-state index in [2.05, 4.69) is 40.3 Å². The minimum Gasteiger partial charge on any atom is -0.494 e. The van der Waals surface area contributed by atoms with Gasteiger partial charge in [-0.1, -0.05) is 31.4 Å². The van der Waals surface area contributed by atoms with Crippen LogP contribution in [0.25, 0.3) is 0 Å². The van der Waals surface area contributed by atoms with Crippen molar-refractivity contribution in [3.63, 3.8) is 0 Å². The highest BCUT2D eigenvalue weighted by molar-refractivity contribution is 5.76. The maximum Gasteiger partial charge on any atom is 0.318 e. The van der Waals surface area contributed by atoms with E-state index >= 15 is 0 Å². The molecule has 144 valence electrons. The van der Waals surface area contributed by atoms with E-state index in [9.17, 15) is 4.79 Å². The van der Waals surface area contributed by atoms with E-state index in [1.807, 2.05) is 24.0 Å². The Morgan fingerprint density at radius 3 is 2.63 bits per heavy atom. The van der Waals surface area contributed by atoms with Crippen LogP contribution in [-0.4, -0.2) is 34.7 Å². The Kier molecular flexibility index (Phi) is 5.37. The summed E-state index contributed by atoms with van der Waals surface area (Å²) in [6, 6.07) is 12.7. The van der Waals surface area contributed by atoms with Crippen molar-refractivity contribution in [1.29, 1.82) is 0 Å². The number of benzene rings is 1. The van der Waals surface area contributed by atoms with Gasteiger partial charge in [-0.05, 0) is 49.6 Å². The van der Waals surface area contributed by atoms with Crippen molar-refractivity contribution < 1.29 is 9.53 Å². The first-order valence-electron chi connectivity index (χ1n) is 10.2. The lowest BCUT2D eigenvalue weighted by Crippen LogP contribution is -2.50. The number of carbonyl (C=O) groups excluding carboxylic acids is 1. The molecule has 1 N–H and O–H groups in total. The average Bonchev–Trinajstić information content (AvgIpc) is 3.18. The lowest BCUT2D eigenvalue weighted by atomic mass is 9.95. The van der Waals surface area contributed by atoms with Crippen molar-refractivity contribution in [3.05, 3.63) is 53.9 Å². The van der Waals surface area contributed by atoms with Crippen LogP contribution in [-0.2, 0) is 6.54 Å². The third-order valence-corrected chi connectivity index (χ3v) is 5.74. The largest absolute Gasteiger partial charge is 0.494 e. The van der Waals surface area contributed by atoms with Crippen LogP contribution in [0.2, 0.25) is 0 Å². The van der Waals surface area contributed by atoms with Gasteiger partial charge in [0.1, 0.15) is 5.75 Å². The van der Waals surface area contributed by atoms with Crippen LogP contribution >= 0.6 is 0 Å². The van der Waals surface area contributed by atoms with Crippen LogP contribution in [0.1, 0.15) is 56.3 Å². The van der Waals surface area contributed by atoms with Gasteiger partial charge in [0.25, 0.3) is 0 Å². The van der Waals surface area contributed by atoms with Crippen molar-refractivity contribution in [3.8, 4) is 5.75 Å². The number of carbonyl (C=O) groups is 1. The first-order chi connectivity index (χ1) is 13.3. The molecular weight excluding hydrogens is 338 g/mol. The van der Waals surface area contributed by atoms with Gasteiger partial charge in [-0.25, -0.2) is 4.79 Å². The maximum absolute atomic E-state index is 13.1. The molecule has 1 fully saturated rings. The highest BCUT2D eigenvalue weighted by Crippen LogP contribution is 2.33. The summed E-state index contributed by atoms with van der Waals surface area (Å²) in [5, 5.41) is 3.30. The fraction of sp³-hybridized carbons (Fsp3) is 0.500. The third-order valence-electron chi connectivity index (χ3n) is 5.74. The van der Waals surface area contributed by atoms with Gasteiger partial charge in [-0.3, -0.25) is 0 Å². The Hall–Kier alpha value is -2.43. The van der Waals surface area contributed by atoms with Gasteiger partial charge in [-0.2, -0.15) is 0 Å². The van der Waals surface area contributed by atoms with Crippen LogP contribution in [0, 0.1) is 0 Å². The molecule has 1 aromatic heterocycles. The van der Waals surface area contributed by atoms with Crippen molar-refractivity contribution >= 4 is 6.03 Å². The number of amides is 2. The summed E-state index contributed by atoms with van der Waals surface area (Å²) in [6.45, 7) is 4.20. The molecule has 1 saturated carbocycles. The fourth-order valence-electron chi connectivity index (χ4n) is 4.37. The molecule has 1 aliphatic carbocycles. The number of nitrogens with zero attached hydrogens (tertiary/aromatic N) is 2. The first-order valence-corrected chi connectivity index (χ1v) is 10.2. The number of fused-ring (bicyclic) bond motifs is 1. The SMILES string of the molecule is CCOc1ccc(C2c3cccn3CCN2C(=O)NC2CCCCC2)cc1. The van der Waals surface area contributed by atoms with Gasteiger partial charge in [0.2, 0.25) is 0 Å². The molecule has 0 radical (unpaired) electrons. The van der Waals surface area contributed by atoms with Crippen molar-refractivity contribution in [2.75, 3.05) is 13.2 Å². The predicted molar refractivity (Wildman–Crippen MR) is 106 cm³/mol. The molecule has 0 spiro atoms. The van der Waals surface area contributed by atoms with Crippen molar-refractivity contribution in [2.24, 2.45) is 0 Å². The number of aromatic nitrogens is 1. The lowest BCUT2D eigenvalue weighted by molar-refractivity contribution is 0.162. The van der Waals surface area contributed by atoms with E-state index in [1.54, 1.807) is 0 Å². The summed E-state index contributed by atoms with van der Waals surface area (Å²) in [5.41, 5.74) is 2.29. The monoisotopic (exact) mass is 367 g/mol. The molecule has 1 aliphatic heterocycles. The molecule has 4 rings (SSSR count). The number of hydrogen-bond acceptors (Lipinski definition) is 2. The first kappa shape index (κ1) is 18.0. The zero-order valence-electron chi connectivity index (χ0n) is 16.1. The van der Waals surface area contributed by atoms with Gasteiger partial charge in [-0.15, -0.1) is 0 Å². The van der Waals surface area contributed by atoms with E-state index in [0.717, 1.165) is 37.2 Å². The lowest BCUT2D eigenvalue weighted by Gasteiger charge is -2.38. The maximum atomic E-state index is 13.1. The Labute approximate surface area is 161 Å². The highest BCUT2D eigenvalue weighted by Gasteiger charge is 2.33. The Morgan fingerprint density at radius 1 is 1.11 bits per heavy atom. The second-order valence-electron chi connectivity index (χ2n) is 7.51. The standard InChI is InChI=1S/C22H29N3O2/c1-2-27-19-12-10-17(11-13-19)21-20-9-6-14-24(20)15-16-25(21)22(26)23-18-7-4-3-5-8-18/h6,9-14,18,21H,2-5,7-8,15-16H2,1H3,(H,23,26). The molecule has 2 aliphatic rings. The number of nitrogens with one attached hydrogen (secondary N) is 1. The van der Waals surface area contributed by atoms with E-state index in [-0.39, 0.29) is 12.1 Å². The molecular formula is C22H29N3O2. The van der Waals surface area contributed by atoms with Crippen LogP contribution in [0.5, 0.6) is 5.75 Å². The van der Waals surface area contributed by atoms with Gasteiger partial charge in [0, 0.05) is 31.0 Å². The molecule has 0 bridgehead atoms. The highest BCUT2D eigenvalue weighted by atomic mass is 16.5. The van der Waals surface area contributed by atoms with E-state index in [1.165, 1.54) is 25.0 Å². The van der Waals surface area contributed by atoms with Crippen LogP contribution in [0.15, 0.2) is 42.6 Å². The predicted octanol–water partition coefficient (Wildman–Crippen LogP) is 4.33. The normalized spacial score (nSPS) is 20.2. The van der Waals surface area contributed by atoms with Gasteiger partial charge in [0.05, 0.1) is 12.6 Å². The Balaban J connectivity index is 1.58. The second kappa shape index (κ2) is 8.07. The molecule has 1 atom stereocenters. The summed E-state index contributed by atoms with van der Waals surface area (Å²) in [7, 11) is 0. The average molecular weight is 367 g/mol. The zero-order valence-corrected chi connectivity index (χ0v) is 16.1. The molecule has 5 heteroatoms. The molecule has 2 aromatic rings. The quantitative estimate of drug-likeness (QED) is 0.874. The number of ether oxygens (including phenoxy) is 1. The molecule has 2 amide bonds. The summed E-state index contributed by atoms with van der Waals surface area (Å²) >= 11 is 0. The van der Waals surface area contributed by atoms with E-state index in [0.29, 0.717) is 12.6 Å². The molecule has 27 heavy (non-hydrogen) atoms. The Bertz CT molecular complexity index is 762. The topological polar surface area (TPSA) is 46.5 Å². The molecule has 2 heterocycles. The molecule has 1 unspecified atom stereocenters. The fourth-order valence-corrected chi connectivity index (χ4v) is 4.37. The van der Waals surface area contributed by atoms with Crippen molar-refractivity contribution in [1.82, 2.24) is 14.8 Å². The minimum absolute atomic E-state index is 0.0620. The molecule has 1 aromatic carbocycles. The smallest absolute Gasteiger partial charge is 0.318 e. The summed E-state index contributed by atoms with van der Waals surface area (Å²) in [6.07, 6.45) is 8.03. The van der Waals surface area contributed by atoms with Crippen LogP contribution < -0.4 is 10.1 Å². The third kappa shape index (κ3) is 3.82. The van der Waals surface area contributed by atoms with Gasteiger partial charge >= 0.3 is 6.03 Å². The Morgan fingerprint density at radius 2 is 1.89 bits per heavy atom. The summed E-state index contributed by atoms with van der Waals surface area (Å²) in [4.78, 5) is 15.1. The van der Waals surface area contributed by atoms with Gasteiger partial charge < -0.3 is 19.5 Å². The zero-order chi connectivity index (χ0) is 18.6. The molecule has 0 saturated heterocycles. The number of hydrogen-bond donors (Lipinski definition) is 1. The van der Waals surface area contributed by atoms with E-state index in [4.69, 9.17) is 4.74 Å². The number of urea groups is 1. The summed E-state index contributed by atoms with van der Waals surface area (Å²) < 4.78 is 7.83. The number of rotatable bonds is 4. The molecule has 5 nitrogen and oxygen atoms in total. The van der Waals surface area contributed by atoms with Crippen LogP contribution in [0.4, 0.5) is 4.79 Å². The van der Waals surface area contributed by atoms with Gasteiger partial charge in [0.15, 0.2) is 0 Å². The second-order valence-corrected chi connectivity index (χ2v) is 7.51. The van der Waals surface area contributed by atoms with Crippen LogP contribution in [0.3, 0.4) is 0 Å². The van der Waals surface area contributed by atoms with Crippen molar-refractivity contribution in [2.45, 2.75) is 57.7 Å². The minimum atomic E-state index is -0.0620. The van der Waals surface area contributed by atoms with E-state index < -0.39 is 0 Å².